The van der Waals surface area contributed by atoms with Crippen molar-refractivity contribution < 1.29 is 9.59 Å². The molecule has 1 saturated heterocycles. The molecule has 0 unspecified atom stereocenters. The number of carbonyl (C=O) groups is 2. The van der Waals surface area contributed by atoms with Crippen LogP contribution in [0.1, 0.15) is 28.8 Å². The summed E-state index contributed by atoms with van der Waals surface area (Å²) in [5.41, 5.74) is 4.87. The molecular weight excluding hydrogens is 448 g/mol. The van der Waals surface area contributed by atoms with E-state index in [1.54, 1.807) is 5.51 Å². The van der Waals surface area contributed by atoms with Crippen LogP contribution in [0, 0.1) is 5.92 Å². The molecule has 34 heavy (non-hydrogen) atoms. The molecular formula is C25H24N6O2S. The molecule has 1 aliphatic rings. The molecule has 0 atom stereocenters. The van der Waals surface area contributed by atoms with Crippen LogP contribution in [-0.2, 0) is 11.3 Å². The number of nitrogens with one attached hydrogen (secondary N) is 1. The number of nitrogens with zero attached hydrogens (tertiary/aromatic N) is 5. The Bertz CT molecular complexity index is 1250. The predicted octanol–water partition coefficient (Wildman–Crippen LogP) is 3.94. The molecule has 2 aromatic heterocycles. The second-order valence-corrected chi connectivity index (χ2v) is 9.07. The minimum Gasteiger partial charge on any atom is -0.338 e. The molecule has 4 aromatic rings. The van der Waals surface area contributed by atoms with Gasteiger partial charge >= 0.3 is 0 Å². The Kier molecular flexibility index (Phi) is 6.44. The molecule has 1 N–H and O–H groups in total. The standard InChI is InChI=1S/C25H24N6O2S/c32-23(27-25-28-26-17-34-25)20-11-13-30(14-12-20)24(33)21-16-31(15-18-7-3-1-4-8-18)29-22(21)19-9-5-2-6-10-19/h1-10,16-17,20H,11-15H2,(H,27,28,32). The number of anilines is 1. The summed E-state index contributed by atoms with van der Waals surface area (Å²) in [5.74, 6) is -0.270. The molecule has 1 fully saturated rings. The number of amides is 2. The summed E-state index contributed by atoms with van der Waals surface area (Å²) >= 11 is 1.29. The molecule has 0 saturated carbocycles. The first-order chi connectivity index (χ1) is 16.7. The van der Waals surface area contributed by atoms with Crippen molar-refractivity contribution in [3.8, 4) is 11.3 Å². The van der Waals surface area contributed by atoms with Gasteiger partial charge in [-0.1, -0.05) is 72.0 Å². The highest BCUT2D eigenvalue weighted by molar-refractivity contribution is 7.13. The van der Waals surface area contributed by atoms with Gasteiger partial charge in [0, 0.05) is 30.8 Å². The minimum absolute atomic E-state index is 0.0545. The Morgan fingerprint density at radius 3 is 2.38 bits per heavy atom. The van der Waals surface area contributed by atoms with Crippen molar-refractivity contribution in [2.75, 3.05) is 18.4 Å². The summed E-state index contributed by atoms with van der Waals surface area (Å²) in [6.07, 6.45) is 3.05. The third-order valence-corrected chi connectivity index (χ3v) is 6.58. The van der Waals surface area contributed by atoms with E-state index in [0.29, 0.717) is 48.9 Å². The van der Waals surface area contributed by atoms with Crippen LogP contribution < -0.4 is 5.32 Å². The van der Waals surface area contributed by atoms with Gasteiger partial charge in [0.2, 0.25) is 11.0 Å². The van der Waals surface area contributed by atoms with Crippen LogP contribution in [0.3, 0.4) is 0 Å². The summed E-state index contributed by atoms with van der Waals surface area (Å²) in [5, 5.41) is 15.7. The van der Waals surface area contributed by atoms with Crippen LogP contribution in [0.25, 0.3) is 11.3 Å². The lowest BCUT2D eigenvalue weighted by molar-refractivity contribution is -0.121. The van der Waals surface area contributed by atoms with E-state index in [-0.39, 0.29) is 17.7 Å². The summed E-state index contributed by atoms with van der Waals surface area (Å²) < 4.78 is 1.83. The summed E-state index contributed by atoms with van der Waals surface area (Å²) in [7, 11) is 0. The van der Waals surface area contributed by atoms with Crippen molar-refractivity contribution in [1.29, 1.82) is 0 Å². The predicted molar refractivity (Wildman–Crippen MR) is 130 cm³/mol. The van der Waals surface area contributed by atoms with E-state index in [4.69, 9.17) is 5.10 Å². The van der Waals surface area contributed by atoms with Crippen molar-refractivity contribution >= 4 is 28.3 Å². The molecule has 0 bridgehead atoms. The van der Waals surface area contributed by atoms with Crippen molar-refractivity contribution in [3.05, 3.63) is 83.5 Å². The Labute approximate surface area is 201 Å². The van der Waals surface area contributed by atoms with Gasteiger partial charge in [0.25, 0.3) is 5.91 Å². The molecule has 2 aromatic carbocycles. The van der Waals surface area contributed by atoms with Gasteiger partial charge < -0.3 is 10.2 Å². The SMILES string of the molecule is O=C(Nc1nncs1)C1CCN(C(=O)c2cn(Cc3ccccc3)nc2-c2ccccc2)CC1. The Balaban J connectivity index is 1.32. The smallest absolute Gasteiger partial charge is 0.257 e. The van der Waals surface area contributed by atoms with Crippen LogP contribution in [0.15, 0.2) is 72.4 Å². The molecule has 5 rings (SSSR count). The first kappa shape index (κ1) is 22.0. The third-order valence-electron chi connectivity index (χ3n) is 5.97. The summed E-state index contributed by atoms with van der Waals surface area (Å²) in [6, 6.07) is 19.8. The number of benzene rings is 2. The fraction of sp³-hybridized carbons (Fsp3) is 0.240. The second-order valence-electron chi connectivity index (χ2n) is 8.24. The highest BCUT2D eigenvalue weighted by atomic mass is 32.1. The largest absolute Gasteiger partial charge is 0.338 e. The first-order valence-corrected chi connectivity index (χ1v) is 12.1. The molecule has 1 aliphatic heterocycles. The molecule has 172 valence electrons. The van der Waals surface area contributed by atoms with Gasteiger partial charge in [-0.3, -0.25) is 14.3 Å². The monoisotopic (exact) mass is 472 g/mol. The molecule has 0 spiro atoms. The zero-order valence-electron chi connectivity index (χ0n) is 18.5. The van der Waals surface area contributed by atoms with Gasteiger partial charge in [0.1, 0.15) is 11.2 Å². The lowest BCUT2D eigenvalue weighted by Crippen LogP contribution is -2.41. The quantitative estimate of drug-likeness (QED) is 0.459. The summed E-state index contributed by atoms with van der Waals surface area (Å²) in [6.45, 7) is 1.62. The molecule has 9 heteroatoms. The van der Waals surface area contributed by atoms with Crippen LogP contribution in [0.4, 0.5) is 5.13 Å². The lowest BCUT2D eigenvalue weighted by Gasteiger charge is -2.31. The average Bonchev–Trinajstić information content (AvgIpc) is 3.55. The van der Waals surface area contributed by atoms with Gasteiger partial charge in [-0.25, -0.2) is 0 Å². The highest BCUT2D eigenvalue weighted by Crippen LogP contribution is 2.26. The summed E-state index contributed by atoms with van der Waals surface area (Å²) in [4.78, 5) is 27.9. The molecule has 8 nitrogen and oxygen atoms in total. The van der Waals surface area contributed by atoms with Crippen LogP contribution in [0.2, 0.25) is 0 Å². The van der Waals surface area contributed by atoms with E-state index < -0.39 is 0 Å². The van der Waals surface area contributed by atoms with Gasteiger partial charge in [-0.05, 0) is 18.4 Å². The van der Waals surface area contributed by atoms with Gasteiger partial charge in [0.05, 0.1) is 12.1 Å². The fourth-order valence-corrected chi connectivity index (χ4v) is 4.64. The number of hydrogen-bond acceptors (Lipinski definition) is 6. The topological polar surface area (TPSA) is 93.0 Å². The minimum atomic E-state index is -0.151. The molecule has 0 aliphatic carbocycles. The maximum absolute atomic E-state index is 13.5. The molecule has 3 heterocycles. The average molecular weight is 473 g/mol. The Hall–Kier alpha value is -3.85. The van der Waals surface area contributed by atoms with Crippen LogP contribution in [0.5, 0.6) is 0 Å². The fourth-order valence-electron chi connectivity index (χ4n) is 4.19. The van der Waals surface area contributed by atoms with Crippen molar-refractivity contribution in [1.82, 2.24) is 24.9 Å². The second kappa shape index (κ2) is 9.96. The number of carbonyl (C=O) groups excluding carboxylic acids is 2. The number of hydrogen-bond donors (Lipinski definition) is 1. The van der Waals surface area contributed by atoms with E-state index in [9.17, 15) is 9.59 Å². The number of rotatable bonds is 6. The number of likely N-dealkylation sites (tertiary alicyclic amines) is 1. The van der Waals surface area contributed by atoms with Gasteiger partial charge in [-0.2, -0.15) is 5.10 Å². The van der Waals surface area contributed by atoms with E-state index in [1.807, 2.05) is 76.4 Å². The van der Waals surface area contributed by atoms with E-state index in [1.165, 1.54) is 11.3 Å². The normalized spacial score (nSPS) is 14.2. The van der Waals surface area contributed by atoms with E-state index in [0.717, 1.165) is 11.1 Å². The first-order valence-electron chi connectivity index (χ1n) is 11.2. The molecule has 2 amide bonds. The maximum atomic E-state index is 13.5. The van der Waals surface area contributed by atoms with Crippen molar-refractivity contribution in [2.45, 2.75) is 19.4 Å². The highest BCUT2D eigenvalue weighted by Gasteiger charge is 2.30. The third kappa shape index (κ3) is 4.89. The lowest BCUT2D eigenvalue weighted by atomic mass is 9.95. The zero-order valence-corrected chi connectivity index (χ0v) is 19.3. The Morgan fingerprint density at radius 1 is 1.00 bits per heavy atom. The van der Waals surface area contributed by atoms with Crippen molar-refractivity contribution in [3.63, 3.8) is 0 Å². The van der Waals surface area contributed by atoms with E-state index in [2.05, 4.69) is 15.5 Å². The van der Waals surface area contributed by atoms with Gasteiger partial charge in [-0.15, -0.1) is 10.2 Å². The maximum Gasteiger partial charge on any atom is 0.257 e. The zero-order chi connectivity index (χ0) is 23.3. The van der Waals surface area contributed by atoms with E-state index >= 15 is 0 Å². The number of aromatic nitrogens is 4. The van der Waals surface area contributed by atoms with Crippen LogP contribution in [-0.4, -0.2) is 49.8 Å². The van der Waals surface area contributed by atoms with Gasteiger partial charge in [0.15, 0.2) is 0 Å². The number of piperidine rings is 1. The molecule has 0 radical (unpaired) electrons. The Morgan fingerprint density at radius 2 is 1.71 bits per heavy atom. The van der Waals surface area contributed by atoms with Crippen LogP contribution >= 0.6 is 11.3 Å². The van der Waals surface area contributed by atoms with Crippen molar-refractivity contribution in [2.24, 2.45) is 5.92 Å².